The lowest BCUT2D eigenvalue weighted by atomic mass is 9.91. The molecule has 0 spiro atoms. The summed E-state index contributed by atoms with van der Waals surface area (Å²) in [4.78, 5) is 32.4. The highest BCUT2D eigenvalue weighted by Gasteiger charge is 2.34. The van der Waals surface area contributed by atoms with Gasteiger partial charge in [0.1, 0.15) is 0 Å². The molecule has 0 unspecified atom stereocenters. The van der Waals surface area contributed by atoms with Crippen LogP contribution in [-0.2, 0) is 9.53 Å². The molecule has 0 bridgehead atoms. The van der Waals surface area contributed by atoms with Crippen LogP contribution in [0.3, 0.4) is 0 Å². The summed E-state index contributed by atoms with van der Waals surface area (Å²) < 4.78 is 18.6. The molecule has 0 fully saturated rings. The molecule has 1 atom stereocenters. The Hall–Kier alpha value is -4.17. The van der Waals surface area contributed by atoms with Crippen LogP contribution >= 0.6 is 11.3 Å². The number of aromatic nitrogens is 1. The minimum atomic E-state index is -0.673. The van der Waals surface area contributed by atoms with Crippen LogP contribution in [0.1, 0.15) is 37.9 Å². The van der Waals surface area contributed by atoms with Gasteiger partial charge in [0.25, 0.3) is 5.56 Å². The molecule has 7 nitrogen and oxygen atoms in total. The molecular weight excluding hydrogens is 500 g/mol. The van der Waals surface area contributed by atoms with Gasteiger partial charge in [0.2, 0.25) is 0 Å². The molecule has 0 saturated heterocycles. The van der Waals surface area contributed by atoms with E-state index in [2.05, 4.69) is 4.99 Å². The fraction of sp³-hybridized carbons (Fsp3) is 0.233. The topological polar surface area (TPSA) is 79.1 Å². The van der Waals surface area contributed by atoms with Crippen LogP contribution in [0, 0.1) is 0 Å². The first-order chi connectivity index (χ1) is 18.5. The number of fused-ring (bicyclic) bond motifs is 2. The summed E-state index contributed by atoms with van der Waals surface area (Å²) >= 11 is 1.29. The highest BCUT2D eigenvalue weighted by Crippen LogP contribution is 2.35. The number of carbonyl (C=O) groups excluding carboxylic acids is 1. The first kappa shape index (κ1) is 25.5. The molecule has 8 heteroatoms. The normalized spacial score (nSPS) is 15.3. The van der Waals surface area contributed by atoms with Crippen molar-refractivity contribution in [2.24, 2.45) is 4.99 Å². The van der Waals surface area contributed by atoms with Gasteiger partial charge in [-0.2, -0.15) is 0 Å². The second-order valence-corrected chi connectivity index (χ2v) is 9.72. The fourth-order valence-electron chi connectivity index (χ4n) is 4.77. The molecule has 0 amide bonds. The fourth-order valence-corrected chi connectivity index (χ4v) is 5.82. The van der Waals surface area contributed by atoms with Gasteiger partial charge in [0.05, 0.1) is 42.2 Å². The number of benzene rings is 3. The molecule has 1 aliphatic rings. The predicted octanol–water partition coefficient (Wildman–Crippen LogP) is 4.36. The van der Waals surface area contributed by atoms with Crippen molar-refractivity contribution in [1.82, 2.24) is 4.57 Å². The number of hydrogen-bond acceptors (Lipinski definition) is 7. The Morgan fingerprint density at radius 1 is 1.05 bits per heavy atom. The summed E-state index contributed by atoms with van der Waals surface area (Å²) in [7, 11) is 1.58. The zero-order valence-electron chi connectivity index (χ0n) is 21.7. The number of ether oxygens (including phenoxy) is 3. The van der Waals surface area contributed by atoms with Crippen LogP contribution in [-0.4, -0.2) is 30.9 Å². The van der Waals surface area contributed by atoms with E-state index in [0.29, 0.717) is 38.7 Å². The van der Waals surface area contributed by atoms with Crippen molar-refractivity contribution in [2.75, 3.05) is 20.3 Å². The molecule has 194 valence electrons. The minimum Gasteiger partial charge on any atom is -0.493 e. The standard InChI is InChI=1S/C30H28N2O5S/c1-5-36-23-15-14-19(16-24(23)35-4)17-25-28(33)32-27(22-13-9-11-20-10-7-8-12-21(20)22)26(29(34)37-6-2)18(3)31-30(32)38-25/h7-17,27H,5-6H2,1-4H3/b25-17+/t27-/m1/s1. The van der Waals surface area contributed by atoms with Gasteiger partial charge in [-0.3, -0.25) is 9.36 Å². The quantitative estimate of drug-likeness (QED) is 0.333. The molecule has 0 N–H and O–H groups in total. The zero-order chi connectivity index (χ0) is 26.8. The second-order valence-electron chi connectivity index (χ2n) is 8.71. The first-order valence-corrected chi connectivity index (χ1v) is 13.3. The summed E-state index contributed by atoms with van der Waals surface area (Å²) in [5, 5.41) is 1.98. The number of nitrogens with zero attached hydrogens (tertiary/aromatic N) is 2. The van der Waals surface area contributed by atoms with Gasteiger partial charge in [0.15, 0.2) is 16.3 Å². The summed E-state index contributed by atoms with van der Waals surface area (Å²) in [5.74, 6) is 0.749. The van der Waals surface area contributed by atoms with E-state index in [0.717, 1.165) is 21.9 Å². The molecule has 0 aliphatic carbocycles. The Labute approximate surface area is 223 Å². The molecular formula is C30H28N2O5S. The average molecular weight is 529 g/mol. The maximum atomic E-state index is 13.9. The van der Waals surface area contributed by atoms with Gasteiger partial charge in [-0.25, -0.2) is 9.79 Å². The van der Waals surface area contributed by atoms with Gasteiger partial charge in [-0.15, -0.1) is 0 Å². The highest BCUT2D eigenvalue weighted by atomic mass is 32.1. The number of allylic oxidation sites excluding steroid dienone is 1. The summed E-state index contributed by atoms with van der Waals surface area (Å²) in [5.41, 5.74) is 2.31. The molecule has 0 radical (unpaired) electrons. The predicted molar refractivity (Wildman–Crippen MR) is 149 cm³/mol. The average Bonchev–Trinajstić information content (AvgIpc) is 3.22. The third kappa shape index (κ3) is 4.52. The third-order valence-corrected chi connectivity index (χ3v) is 7.40. The molecule has 5 rings (SSSR count). The Balaban J connectivity index is 1.74. The zero-order valence-corrected chi connectivity index (χ0v) is 22.5. The number of methoxy groups -OCH3 is 1. The van der Waals surface area contributed by atoms with Crippen LogP contribution in [0.5, 0.6) is 11.5 Å². The molecule has 4 aromatic rings. The smallest absolute Gasteiger partial charge is 0.338 e. The molecule has 3 aromatic carbocycles. The highest BCUT2D eigenvalue weighted by molar-refractivity contribution is 7.07. The summed E-state index contributed by atoms with van der Waals surface area (Å²) in [6, 6.07) is 18.7. The lowest BCUT2D eigenvalue weighted by molar-refractivity contribution is -0.139. The van der Waals surface area contributed by atoms with Gasteiger partial charge in [0, 0.05) is 0 Å². The molecule has 2 heterocycles. The SMILES string of the molecule is CCOC(=O)C1=C(C)N=c2s/c(=C/c3ccc(OCC)c(OC)c3)c(=O)n2[C@@H]1c1cccc2ccccc12. The van der Waals surface area contributed by atoms with E-state index >= 15 is 0 Å². The van der Waals surface area contributed by atoms with E-state index in [1.807, 2.05) is 73.7 Å². The Kier molecular flexibility index (Phi) is 7.15. The number of thiazole rings is 1. The second kappa shape index (κ2) is 10.7. The van der Waals surface area contributed by atoms with Crippen molar-refractivity contribution in [1.29, 1.82) is 0 Å². The number of carbonyl (C=O) groups is 1. The van der Waals surface area contributed by atoms with Gasteiger partial charge in [-0.05, 0) is 60.9 Å². The summed E-state index contributed by atoms with van der Waals surface area (Å²) in [6.45, 7) is 6.21. The molecule has 0 saturated carbocycles. The van der Waals surface area contributed by atoms with Crippen molar-refractivity contribution >= 4 is 34.2 Å². The lowest BCUT2D eigenvalue weighted by Crippen LogP contribution is -2.40. The lowest BCUT2D eigenvalue weighted by Gasteiger charge is -2.25. The van der Waals surface area contributed by atoms with Crippen molar-refractivity contribution in [3.05, 3.63) is 103 Å². The monoisotopic (exact) mass is 528 g/mol. The minimum absolute atomic E-state index is 0.224. The Bertz CT molecular complexity index is 1740. The first-order valence-electron chi connectivity index (χ1n) is 12.4. The third-order valence-electron chi connectivity index (χ3n) is 6.42. The van der Waals surface area contributed by atoms with Crippen molar-refractivity contribution in [2.45, 2.75) is 26.8 Å². The Morgan fingerprint density at radius 2 is 1.84 bits per heavy atom. The van der Waals surface area contributed by atoms with Crippen LogP contribution < -0.4 is 24.4 Å². The number of rotatable bonds is 7. The largest absolute Gasteiger partial charge is 0.493 e. The van der Waals surface area contributed by atoms with E-state index < -0.39 is 12.0 Å². The Morgan fingerprint density at radius 3 is 2.61 bits per heavy atom. The van der Waals surface area contributed by atoms with E-state index in [1.54, 1.807) is 25.5 Å². The molecule has 1 aliphatic heterocycles. The van der Waals surface area contributed by atoms with Crippen molar-refractivity contribution in [3.8, 4) is 11.5 Å². The van der Waals surface area contributed by atoms with E-state index in [4.69, 9.17) is 14.2 Å². The maximum absolute atomic E-state index is 13.9. The van der Waals surface area contributed by atoms with Crippen LogP contribution in [0.25, 0.3) is 16.8 Å². The van der Waals surface area contributed by atoms with E-state index in [-0.39, 0.29) is 12.2 Å². The molecule has 1 aromatic heterocycles. The van der Waals surface area contributed by atoms with Gasteiger partial charge in [-0.1, -0.05) is 59.9 Å². The van der Waals surface area contributed by atoms with Crippen molar-refractivity contribution < 1.29 is 19.0 Å². The van der Waals surface area contributed by atoms with Crippen LogP contribution in [0.4, 0.5) is 0 Å². The van der Waals surface area contributed by atoms with Crippen LogP contribution in [0.15, 0.2) is 81.7 Å². The number of esters is 1. The van der Waals surface area contributed by atoms with Gasteiger partial charge >= 0.3 is 5.97 Å². The van der Waals surface area contributed by atoms with Crippen molar-refractivity contribution in [3.63, 3.8) is 0 Å². The van der Waals surface area contributed by atoms with Crippen LogP contribution in [0.2, 0.25) is 0 Å². The maximum Gasteiger partial charge on any atom is 0.338 e. The summed E-state index contributed by atoms with van der Waals surface area (Å²) in [6.07, 6.45) is 1.81. The number of hydrogen-bond donors (Lipinski definition) is 0. The van der Waals surface area contributed by atoms with Gasteiger partial charge < -0.3 is 14.2 Å². The van der Waals surface area contributed by atoms with E-state index in [1.165, 1.54) is 11.3 Å². The van der Waals surface area contributed by atoms with E-state index in [9.17, 15) is 9.59 Å². The molecule has 38 heavy (non-hydrogen) atoms.